The Morgan fingerprint density at radius 2 is 1.93 bits per heavy atom. The van der Waals surface area contributed by atoms with Gasteiger partial charge in [-0.3, -0.25) is 14.5 Å². The van der Waals surface area contributed by atoms with Crippen LogP contribution in [0.15, 0.2) is 40.2 Å². The van der Waals surface area contributed by atoms with E-state index < -0.39 is 28.6 Å². The van der Waals surface area contributed by atoms with E-state index in [1.165, 1.54) is 13.0 Å². The maximum Gasteiger partial charge on any atom is 0.331 e. The van der Waals surface area contributed by atoms with E-state index in [-0.39, 0.29) is 16.5 Å². The maximum atomic E-state index is 12.2. The molecule has 1 aliphatic rings. The number of H-pyrrole nitrogens is 1. The third kappa shape index (κ3) is 3.77. The fourth-order valence-corrected chi connectivity index (χ4v) is 4.06. The highest BCUT2D eigenvalue weighted by Gasteiger charge is 2.31. The van der Waals surface area contributed by atoms with Gasteiger partial charge in [0.2, 0.25) is 5.78 Å². The fourth-order valence-electron chi connectivity index (χ4n) is 2.82. The molecule has 2 N–H and O–H groups in total. The molecule has 3 rings (SSSR count). The van der Waals surface area contributed by atoms with Gasteiger partial charge in [-0.15, -0.1) is 0 Å². The van der Waals surface area contributed by atoms with Gasteiger partial charge < -0.3 is 9.72 Å². The molecule has 0 amide bonds. The Bertz CT molecular complexity index is 1050. The number of hydrogen-bond acceptors (Lipinski definition) is 6. The van der Waals surface area contributed by atoms with E-state index in [4.69, 9.17) is 4.74 Å². The molecule has 0 fully saturated rings. The smallest absolute Gasteiger partial charge is 0.331 e. The van der Waals surface area contributed by atoms with E-state index in [1.807, 2.05) is 6.92 Å². The number of hydrogen-bond donors (Lipinski definition) is 2. The number of amidine groups is 1. The summed E-state index contributed by atoms with van der Waals surface area (Å²) in [6, 6.07) is 7.07. The number of benzene rings is 1. The number of aliphatic imine (C=N–C) groups is 1. The minimum Gasteiger partial charge on any atom is -0.456 e. The lowest BCUT2D eigenvalue weighted by molar-refractivity contribution is -0.143. The number of ketones is 1. The van der Waals surface area contributed by atoms with Gasteiger partial charge in [0, 0.05) is 22.5 Å². The number of carbonyl (C=O) groups is 2. The van der Waals surface area contributed by atoms with E-state index in [2.05, 4.69) is 14.7 Å². The summed E-state index contributed by atoms with van der Waals surface area (Å²) < 4.78 is 31.5. The zero-order valence-corrected chi connectivity index (χ0v) is 15.9. The average Bonchev–Trinajstić information content (AvgIpc) is 3.08. The third-order valence-corrected chi connectivity index (χ3v) is 5.52. The van der Waals surface area contributed by atoms with Crippen LogP contribution in [-0.4, -0.2) is 43.6 Å². The zero-order chi connectivity index (χ0) is 19.8. The number of fused-ring (bicyclic) bond motifs is 1. The molecule has 0 radical (unpaired) electrons. The summed E-state index contributed by atoms with van der Waals surface area (Å²) in [5.74, 6) is -0.959. The molecule has 1 aromatic heterocycles. The first-order valence-electron chi connectivity index (χ1n) is 8.25. The first-order chi connectivity index (χ1) is 12.7. The first-order valence-corrected chi connectivity index (χ1v) is 9.73. The number of sulfonamides is 1. The topological polar surface area (TPSA) is 118 Å². The van der Waals surface area contributed by atoms with Crippen LogP contribution in [-0.2, 0) is 19.6 Å². The van der Waals surface area contributed by atoms with Crippen LogP contribution in [0, 0.1) is 13.8 Å². The van der Waals surface area contributed by atoms with Crippen LogP contribution in [0.25, 0.3) is 0 Å². The van der Waals surface area contributed by atoms with Gasteiger partial charge >= 0.3 is 5.97 Å². The van der Waals surface area contributed by atoms with Gasteiger partial charge in [0.15, 0.2) is 6.61 Å². The molecule has 0 saturated carbocycles. The Kier molecular flexibility index (Phi) is 4.88. The summed E-state index contributed by atoms with van der Waals surface area (Å²) in [6.45, 7) is 4.66. The number of nitrogens with zero attached hydrogens (tertiary/aromatic N) is 1. The molecule has 142 valence electrons. The lowest BCUT2D eigenvalue weighted by Gasteiger charge is -2.08. The van der Waals surface area contributed by atoms with E-state index >= 15 is 0 Å². The Labute approximate surface area is 156 Å². The van der Waals surface area contributed by atoms with Crippen LogP contribution in [0.4, 0.5) is 0 Å². The molecule has 1 aromatic carbocycles. The van der Waals surface area contributed by atoms with Gasteiger partial charge in [-0.2, -0.15) is 0 Å². The Morgan fingerprint density at radius 3 is 2.59 bits per heavy atom. The monoisotopic (exact) mass is 389 g/mol. The van der Waals surface area contributed by atoms with E-state index in [0.717, 1.165) is 5.69 Å². The second kappa shape index (κ2) is 6.99. The summed E-state index contributed by atoms with van der Waals surface area (Å²) >= 11 is 0. The van der Waals surface area contributed by atoms with Gasteiger partial charge in [0.1, 0.15) is 11.9 Å². The van der Waals surface area contributed by atoms with Crippen molar-refractivity contribution in [3.05, 3.63) is 52.8 Å². The summed E-state index contributed by atoms with van der Waals surface area (Å²) in [6.07, 6.45) is 0. The van der Waals surface area contributed by atoms with Gasteiger partial charge in [-0.05, 0) is 39.0 Å². The van der Waals surface area contributed by atoms with Crippen molar-refractivity contribution in [2.75, 3.05) is 6.61 Å². The van der Waals surface area contributed by atoms with Crippen molar-refractivity contribution in [2.24, 2.45) is 4.99 Å². The predicted octanol–water partition coefficient (Wildman–Crippen LogP) is 1.48. The summed E-state index contributed by atoms with van der Waals surface area (Å²) in [5.41, 5.74) is 2.41. The summed E-state index contributed by atoms with van der Waals surface area (Å²) in [5, 5.41) is 0. The van der Waals surface area contributed by atoms with Crippen LogP contribution >= 0.6 is 0 Å². The van der Waals surface area contributed by atoms with E-state index in [1.54, 1.807) is 31.2 Å². The number of carbonyl (C=O) groups excluding carboxylic acids is 2. The predicted molar refractivity (Wildman–Crippen MR) is 98.3 cm³/mol. The average molecular weight is 389 g/mol. The number of ether oxygens (including phenoxy) is 1. The third-order valence-electron chi connectivity index (χ3n) is 4.12. The van der Waals surface area contributed by atoms with E-state index in [0.29, 0.717) is 16.8 Å². The number of aryl methyl sites for hydroxylation is 2. The SMILES string of the molecule is Cc1cc(C(=O)COC(=O)[C@H](C)N=C2NS(=O)(=O)c3ccccc32)c(C)[nH]1. The number of rotatable bonds is 5. The van der Waals surface area contributed by atoms with Gasteiger partial charge in [-0.25, -0.2) is 13.2 Å². The maximum absolute atomic E-state index is 12.2. The van der Waals surface area contributed by atoms with Crippen molar-refractivity contribution in [1.82, 2.24) is 9.71 Å². The molecule has 8 nitrogen and oxygen atoms in total. The van der Waals surface area contributed by atoms with E-state index in [9.17, 15) is 18.0 Å². The minimum absolute atomic E-state index is 0.0819. The molecule has 2 aromatic rings. The second-order valence-corrected chi connectivity index (χ2v) is 7.93. The van der Waals surface area contributed by atoms with Crippen LogP contribution in [0.1, 0.15) is 34.2 Å². The lowest BCUT2D eigenvalue weighted by Crippen LogP contribution is -2.27. The molecule has 0 bridgehead atoms. The minimum atomic E-state index is -3.68. The number of Topliss-reactive ketones (excluding diaryl/α,β-unsaturated/α-hetero) is 1. The second-order valence-electron chi connectivity index (χ2n) is 6.28. The lowest BCUT2D eigenvalue weighted by atomic mass is 10.1. The zero-order valence-electron chi connectivity index (χ0n) is 15.1. The Hall–Kier alpha value is -2.94. The molecular weight excluding hydrogens is 370 g/mol. The molecule has 0 saturated heterocycles. The molecular formula is C18H19N3O5S. The molecule has 1 aliphatic heterocycles. The van der Waals surface area contributed by atoms with Crippen LogP contribution in [0.3, 0.4) is 0 Å². The normalized spacial score (nSPS) is 17.2. The van der Waals surface area contributed by atoms with Gasteiger partial charge in [-0.1, -0.05) is 12.1 Å². The highest BCUT2D eigenvalue weighted by atomic mass is 32.2. The molecule has 2 heterocycles. The molecule has 1 atom stereocenters. The molecule has 0 spiro atoms. The molecule has 0 aliphatic carbocycles. The number of aromatic nitrogens is 1. The highest BCUT2D eigenvalue weighted by molar-refractivity contribution is 7.90. The molecule has 27 heavy (non-hydrogen) atoms. The first kappa shape index (κ1) is 18.8. The van der Waals surface area contributed by atoms with Crippen LogP contribution < -0.4 is 4.72 Å². The number of nitrogens with one attached hydrogen (secondary N) is 2. The van der Waals surface area contributed by atoms with Crippen LogP contribution in [0.2, 0.25) is 0 Å². The quantitative estimate of drug-likeness (QED) is 0.593. The molecule has 0 unspecified atom stereocenters. The van der Waals surface area contributed by atoms with Crippen molar-refractivity contribution in [2.45, 2.75) is 31.7 Å². The summed E-state index contributed by atoms with van der Waals surface area (Å²) in [7, 11) is -3.68. The summed E-state index contributed by atoms with van der Waals surface area (Å²) in [4.78, 5) is 31.6. The van der Waals surface area contributed by atoms with Gasteiger partial charge in [0.05, 0.1) is 4.90 Å². The van der Waals surface area contributed by atoms with Crippen molar-refractivity contribution < 1.29 is 22.7 Å². The van der Waals surface area contributed by atoms with Crippen molar-refractivity contribution in [3.8, 4) is 0 Å². The fraction of sp³-hybridized carbons (Fsp3) is 0.278. The van der Waals surface area contributed by atoms with Crippen LogP contribution in [0.5, 0.6) is 0 Å². The standard InChI is InChI=1S/C18H19N3O5S/c1-10-8-14(11(2)19-10)15(22)9-26-18(23)12(3)20-17-13-6-4-5-7-16(13)27(24,25)21-17/h4-8,12,19H,9H2,1-3H3,(H,20,21)/t12-/m0/s1. The molecule has 9 heteroatoms. The Morgan fingerprint density at radius 1 is 1.22 bits per heavy atom. The highest BCUT2D eigenvalue weighted by Crippen LogP contribution is 2.22. The number of aromatic amines is 1. The Balaban J connectivity index is 1.69. The van der Waals surface area contributed by atoms with Gasteiger partial charge in [0.25, 0.3) is 10.0 Å². The van der Waals surface area contributed by atoms with Crippen molar-refractivity contribution in [1.29, 1.82) is 0 Å². The number of esters is 1. The largest absolute Gasteiger partial charge is 0.456 e. The van der Waals surface area contributed by atoms with Crippen molar-refractivity contribution >= 4 is 27.6 Å². The van der Waals surface area contributed by atoms with Crippen molar-refractivity contribution in [3.63, 3.8) is 0 Å².